The topological polar surface area (TPSA) is 164 Å². The Morgan fingerprint density at radius 3 is 2.33 bits per heavy atom. The van der Waals surface area contributed by atoms with E-state index in [1.165, 1.54) is 0 Å². The van der Waals surface area contributed by atoms with Gasteiger partial charge in [-0.2, -0.15) is 0 Å². The van der Waals surface area contributed by atoms with Crippen molar-refractivity contribution in [1.82, 2.24) is 20.9 Å². The minimum Gasteiger partial charge on any atom is -0.468 e. The van der Waals surface area contributed by atoms with E-state index in [1.807, 2.05) is 33.8 Å². The first-order valence-electron chi connectivity index (χ1n) is 16.7. The standard InChI is InChI=1S/C34H51N5O6S/c1-19-23(12-15-45-19)46-18-34(13-8-7-9-14-34)38-31(44)37-27(32(2,3)4)30(43)39-17-21-24(33(21,5)6)25(39)29(42)36-22(16-20-10-11-20)26(40)28(35)41/h12,15,20-22,24-25,27H,7-11,13-14,16-18H2,1-6H3,(H2,35,41)(H,36,42)(H2,37,38,44)/t21-,22?,24-,25-,27+/m0/s1. The average Bonchev–Trinajstić information content (AvgIpc) is 3.74. The first-order chi connectivity index (χ1) is 21.5. The number of Topliss-reactive ketones (excluding diaryl/α,β-unsaturated/α-hetero) is 1. The average molecular weight is 658 g/mol. The van der Waals surface area contributed by atoms with Gasteiger partial charge in [-0.25, -0.2) is 4.79 Å². The fourth-order valence-corrected chi connectivity index (χ4v) is 8.85. The number of likely N-dealkylation sites (tertiary alicyclic amines) is 1. The number of thioether (sulfide) groups is 1. The highest BCUT2D eigenvalue weighted by atomic mass is 32.2. The van der Waals surface area contributed by atoms with Crippen molar-refractivity contribution in [2.45, 2.75) is 121 Å². The van der Waals surface area contributed by atoms with Crippen molar-refractivity contribution in [3.8, 4) is 0 Å². The summed E-state index contributed by atoms with van der Waals surface area (Å²) in [4.78, 5) is 69.1. The lowest BCUT2D eigenvalue weighted by molar-refractivity contribution is -0.145. The van der Waals surface area contributed by atoms with Crippen LogP contribution in [0.1, 0.15) is 91.7 Å². The smallest absolute Gasteiger partial charge is 0.315 e. The summed E-state index contributed by atoms with van der Waals surface area (Å²) in [5.74, 6) is -0.839. The zero-order chi connectivity index (χ0) is 33.6. The van der Waals surface area contributed by atoms with Crippen molar-refractivity contribution in [1.29, 1.82) is 0 Å². The third-order valence-electron chi connectivity index (χ3n) is 10.8. The maximum atomic E-state index is 14.4. The molecular formula is C34H51N5O6S. The Kier molecular flexibility index (Phi) is 9.61. The SMILES string of the molecule is Cc1occc1SCC1(NC(=O)N[C@H](C(=O)N2C[C@H]3[C@@H]([C@H]2C(=O)NC(CC2CC2)C(=O)C(N)=O)C3(C)C)C(C)(C)C)CCCCC1. The fourth-order valence-electron chi connectivity index (χ4n) is 7.66. The van der Waals surface area contributed by atoms with Crippen LogP contribution in [0.4, 0.5) is 4.79 Å². The molecule has 4 fully saturated rings. The lowest BCUT2D eigenvalue weighted by Crippen LogP contribution is -2.63. The molecule has 254 valence electrons. The third kappa shape index (κ3) is 7.26. The van der Waals surface area contributed by atoms with Gasteiger partial charge in [0.2, 0.25) is 17.6 Å². The summed E-state index contributed by atoms with van der Waals surface area (Å²) < 4.78 is 5.47. The molecule has 11 nitrogen and oxygen atoms in total. The molecule has 46 heavy (non-hydrogen) atoms. The second kappa shape index (κ2) is 12.9. The van der Waals surface area contributed by atoms with Crippen LogP contribution in [0.5, 0.6) is 0 Å². The first-order valence-corrected chi connectivity index (χ1v) is 17.7. The lowest BCUT2D eigenvalue weighted by Gasteiger charge is -2.40. The zero-order valence-corrected chi connectivity index (χ0v) is 28.9. The van der Waals surface area contributed by atoms with Crippen LogP contribution < -0.4 is 21.7 Å². The van der Waals surface area contributed by atoms with Gasteiger partial charge in [0.05, 0.1) is 17.8 Å². The Hall–Kier alpha value is -3.02. The molecule has 1 saturated heterocycles. The maximum absolute atomic E-state index is 14.4. The molecule has 3 saturated carbocycles. The fraction of sp³-hybridized carbons (Fsp3) is 0.735. The largest absolute Gasteiger partial charge is 0.468 e. The number of hydrogen-bond donors (Lipinski definition) is 4. The van der Waals surface area contributed by atoms with Crippen LogP contribution in [0.25, 0.3) is 0 Å². The number of primary amides is 1. The van der Waals surface area contributed by atoms with E-state index < -0.39 is 52.7 Å². The highest BCUT2D eigenvalue weighted by Gasteiger charge is 2.70. The number of aryl methyl sites for hydroxylation is 1. The molecule has 5 N–H and O–H groups in total. The van der Waals surface area contributed by atoms with E-state index in [9.17, 15) is 24.0 Å². The highest BCUT2D eigenvalue weighted by molar-refractivity contribution is 7.99. The number of amides is 5. The number of fused-ring (bicyclic) bond motifs is 1. The van der Waals surface area contributed by atoms with Crippen molar-refractivity contribution < 1.29 is 28.4 Å². The molecular weight excluding hydrogens is 606 g/mol. The van der Waals surface area contributed by atoms with Gasteiger partial charge < -0.3 is 31.0 Å². The summed E-state index contributed by atoms with van der Waals surface area (Å²) in [6.07, 6.45) is 8.74. The minimum atomic E-state index is -1.08. The van der Waals surface area contributed by atoms with Crippen molar-refractivity contribution in [2.75, 3.05) is 12.3 Å². The molecule has 1 aliphatic heterocycles. The number of urea groups is 1. The van der Waals surface area contributed by atoms with Gasteiger partial charge in [-0.3, -0.25) is 19.2 Å². The van der Waals surface area contributed by atoms with Crippen molar-refractivity contribution in [2.24, 2.45) is 34.3 Å². The van der Waals surface area contributed by atoms with Crippen molar-refractivity contribution in [3.63, 3.8) is 0 Å². The molecule has 12 heteroatoms. The maximum Gasteiger partial charge on any atom is 0.315 e. The number of furan rings is 1. The van der Waals surface area contributed by atoms with E-state index in [4.69, 9.17) is 10.2 Å². The quantitative estimate of drug-likeness (QED) is 0.196. The number of carbonyl (C=O) groups is 5. The molecule has 4 aliphatic rings. The van der Waals surface area contributed by atoms with Gasteiger partial charge >= 0.3 is 6.03 Å². The third-order valence-corrected chi connectivity index (χ3v) is 12.2. The summed E-state index contributed by atoms with van der Waals surface area (Å²) in [5, 5.41) is 9.09. The molecule has 3 aliphatic carbocycles. The summed E-state index contributed by atoms with van der Waals surface area (Å²) in [6.45, 7) is 12.2. The molecule has 1 unspecified atom stereocenters. The number of hydrogen-bond acceptors (Lipinski definition) is 7. The Labute approximate surface area is 276 Å². The zero-order valence-electron chi connectivity index (χ0n) is 28.1. The van der Waals surface area contributed by atoms with E-state index >= 15 is 0 Å². The molecule has 0 spiro atoms. The van der Waals surface area contributed by atoms with Crippen LogP contribution >= 0.6 is 11.8 Å². The number of nitrogens with zero attached hydrogens (tertiary/aromatic N) is 1. The number of rotatable bonds is 12. The molecule has 5 amide bonds. The number of nitrogens with one attached hydrogen (secondary N) is 3. The predicted molar refractivity (Wildman–Crippen MR) is 175 cm³/mol. The predicted octanol–water partition coefficient (Wildman–Crippen LogP) is 3.92. The van der Waals surface area contributed by atoms with E-state index in [2.05, 4.69) is 29.8 Å². The van der Waals surface area contributed by atoms with Gasteiger partial charge in [0.1, 0.15) is 17.8 Å². The van der Waals surface area contributed by atoms with E-state index in [0.717, 1.165) is 55.6 Å². The second-order valence-corrected chi connectivity index (χ2v) is 16.7. The molecule has 5 rings (SSSR count). The minimum absolute atomic E-state index is 0.0925. The summed E-state index contributed by atoms with van der Waals surface area (Å²) in [7, 11) is 0. The van der Waals surface area contributed by atoms with Crippen LogP contribution in [0, 0.1) is 35.5 Å². The van der Waals surface area contributed by atoms with Crippen LogP contribution in [-0.4, -0.2) is 70.4 Å². The van der Waals surface area contributed by atoms with Gasteiger partial charge in [0.25, 0.3) is 5.91 Å². The van der Waals surface area contributed by atoms with Crippen LogP contribution in [0.2, 0.25) is 0 Å². The molecule has 5 atom stereocenters. The Balaban J connectivity index is 1.31. The highest BCUT2D eigenvalue weighted by Crippen LogP contribution is 2.65. The molecule has 2 heterocycles. The Morgan fingerprint density at radius 2 is 1.76 bits per heavy atom. The van der Waals surface area contributed by atoms with Gasteiger partial charge in [0.15, 0.2) is 0 Å². The summed E-state index contributed by atoms with van der Waals surface area (Å²) >= 11 is 1.67. The number of carbonyl (C=O) groups excluding carboxylic acids is 5. The number of nitrogens with two attached hydrogens (primary N) is 1. The summed E-state index contributed by atoms with van der Waals surface area (Å²) in [5.41, 5.74) is 4.09. The van der Waals surface area contributed by atoms with Crippen molar-refractivity contribution >= 4 is 41.3 Å². The number of piperidine rings is 1. The Bertz CT molecular complexity index is 1360. The van der Waals surface area contributed by atoms with Gasteiger partial charge in [0, 0.05) is 17.2 Å². The van der Waals surface area contributed by atoms with Gasteiger partial charge in [-0.05, 0) is 60.8 Å². The molecule has 1 aromatic rings. The molecule has 0 aromatic carbocycles. The monoisotopic (exact) mass is 657 g/mol. The normalized spacial score (nSPS) is 26.0. The van der Waals surface area contributed by atoms with Gasteiger partial charge in [-0.1, -0.05) is 66.7 Å². The van der Waals surface area contributed by atoms with E-state index in [0.29, 0.717) is 18.7 Å². The summed E-state index contributed by atoms with van der Waals surface area (Å²) in [6, 6.07) is -1.18. The van der Waals surface area contributed by atoms with Crippen LogP contribution in [0.3, 0.4) is 0 Å². The molecule has 0 bridgehead atoms. The first kappa shape index (κ1) is 34.3. The van der Waals surface area contributed by atoms with Crippen molar-refractivity contribution in [3.05, 3.63) is 18.1 Å². The van der Waals surface area contributed by atoms with Crippen LogP contribution in [-0.2, 0) is 19.2 Å². The Morgan fingerprint density at radius 1 is 1.09 bits per heavy atom. The van der Waals surface area contributed by atoms with E-state index in [1.54, 1.807) is 22.9 Å². The van der Waals surface area contributed by atoms with Gasteiger partial charge in [-0.15, -0.1) is 11.8 Å². The number of ketones is 1. The van der Waals surface area contributed by atoms with E-state index in [-0.39, 0.29) is 29.1 Å². The van der Waals surface area contributed by atoms with Crippen LogP contribution in [0.15, 0.2) is 21.6 Å². The lowest BCUT2D eigenvalue weighted by atomic mass is 9.83. The molecule has 0 radical (unpaired) electrons. The molecule has 1 aromatic heterocycles. The second-order valence-electron chi connectivity index (χ2n) is 15.7.